The van der Waals surface area contributed by atoms with Gasteiger partial charge >= 0.3 is 0 Å². The lowest BCUT2D eigenvalue weighted by molar-refractivity contribution is 0.177. The number of aryl methyl sites for hydroxylation is 2. The molecular weight excluding hydrogens is 231 g/mol. The molecule has 0 aliphatic carbocycles. The third-order valence-corrected chi connectivity index (χ3v) is 2.95. The van der Waals surface area contributed by atoms with Crippen LogP contribution in [0.15, 0.2) is 30.5 Å². The van der Waals surface area contributed by atoms with E-state index in [2.05, 4.69) is 5.10 Å². The molecule has 0 aliphatic heterocycles. The summed E-state index contributed by atoms with van der Waals surface area (Å²) >= 11 is 0. The highest BCUT2D eigenvalue weighted by Gasteiger charge is 2.15. The molecule has 4 heteroatoms. The Hall–Kier alpha value is -1.68. The summed E-state index contributed by atoms with van der Waals surface area (Å²) in [6, 6.07) is 6.32. The van der Waals surface area contributed by atoms with Crippen LogP contribution in [0.4, 0.5) is 4.39 Å². The molecule has 0 saturated heterocycles. The maximum atomic E-state index is 13.1. The van der Waals surface area contributed by atoms with Crippen LogP contribution >= 0.6 is 0 Å². The van der Waals surface area contributed by atoms with Crippen LogP contribution in [0.3, 0.4) is 0 Å². The van der Waals surface area contributed by atoms with Crippen molar-refractivity contribution < 1.29 is 9.50 Å². The number of benzene rings is 1. The molecular formula is C14H17FN2O. The van der Waals surface area contributed by atoms with E-state index in [4.69, 9.17) is 0 Å². The lowest BCUT2D eigenvalue weighted by Gasteiger charge is -2.10. The quantitative estimate of drug-likeness (QED) is 0.902. The fourth-order valence-electron chi connectivity index (χ4n) is 2.10. The van der Waals surface area contributed by atoms with Gasteiger partial charge in [0.25, 0.3) is 0 Å². The van der Waals surface area contributed by atoms with Gasteiger partial charge in [-0.25, -0.2) is 4.39 Å². The van der Waals surface area contributed by atoms with Gasteiger partial charge in [0.15, 0.2) is 0 Å². The van der Waals surface area contributed by atoms with E-state index in [0.29, 0.717) is 6.42 Å². The normalized spacial score (nSPS) is 12.7. The molecule has 96 valence electrons. The SMILES string of the molecule is CCc1nn(C)cc1C(O)Cc1cccc(F)c1. The molecule has 2 aromatic rings. The molecule has 1 unspecified atom stereocenters. The van der Waals surface area contributed by atoms with E-state index in [1.165, 1.54) is 12.1 Å². The summed E-state index contributed by atoms with van der Waals surface area (Å²) in [5.74, 6) is -0.276. The topological polar surface area (TPSA) is 38.0 Å². The van der Waals surface area contributed by atoms with Crippen LogP contribution in [0, 0.1) is 5.82 Å². The summed E-state index contributed by atoms with van der Waals surface area (Å²) in [6.07, 6.45) is 2.35. The van der Waals surface area contributed by atoms with Gasteiger partial charge in [0, 0.05) is 25.2 Å². The van der Waals surface area contributed by atoms with Crippen molar-refractivity contribution in [2.24, 2.45) is 7.05 Å². The first-order valence-corrected chi connectivity index (χ1v) is 6.05. The molecule has 0 aliphatic rings. The molecule has 1 N–H and O–H groups in total. The summed E-state index contributed by atoms with van der Waals surface area (Å²) in [7, 11) is 1.83. The van der Waals surface area contributed by atoms with Crippen molar-refractivity contribution in [2.75, 3.05) is 0 Å². The van der Waals surface area contributed by atoms with Crippen molar-refractivity contribution in [3.05, 3.63) is 53.1 Å². The molecule has 0 fully saturated rings. The predicted molar refractivity (Wildman–Crippen MR) is 67.6 cm³/mol. The monoisotopic (exact) mass is 248 g/mol. The van der Waals surface area contributed by atoms with Gasteiger partial charge in [-0.2, -0.15) is 5.10 Å². The van der Waals surface area contributed by atoms with Gasteiger partial charge in [0.1, 0.15) is 5.82 Å². The van der Waals surface area contributed by atoms with E-state index >= 15 is 0 Å². The predicted octanol–water partition coefficient (Wildman–Crippen LogP) is 2.40. The maximum Gasteiger partial charge on any atom is 0.123 e. The van der Waals surface area contributed by atoms with Crippen molar-refractivity contribution in [3.8, 4) is 0 Å². The Balaban J connectivity index is 2.18. The third kappa shape index (κ3) is 2.76. The summed E-state index contributed by atoms with van der Waals surface area (Å²) in [5, 5.41) is 14.5. The molecule has 0 radical (unpaired) electrons. The zero-order valence-corrected chi connectivity index (χ0v) is 10.6. The van der Waals surface area contributed by atoms with Gasteiger partial charge in [-0.3, -0.25) is 4.68 Å². The molecule has 3 nitrogen and oxygen atoms in total. The second-order valence-corrected chi connectivity index (χ2v) is 4.41. The Morgan fingerprint density at radius 2 is 2.22 bits per heavy atom. The number of aliphatic hydroxyl groups is 1. The molecule has 0 bridgehead atoms. The highest BCUT2D eigenvalue weighted by molar-refractivity contribution is 5.24. The van der Waals surface area contributed by atoms with E-state index in [9.17, 15) is 9.50 Å². The van der Waals surface area contributed by atoms with Gasteiger partial charge in [-0.05, 0) is 24.1 Å². The summed E-state index contributed by atoms with van der Waals surface area (Å²) in [4.78, 5) is 0. The zero-order chi connectivity index (χ0) is 13.1. The van der Waals surface area contributed by atoms with Crippen molar-refractivity contribution in [2.45, 2.75) is 25.9 Å². The summed E-state index contributed by atoms with van der Waals surface area (Å²) < 4.78 is 14.8. The Kier molecular flexibility index (Phi) is 3.77. The van der Waals surface area contributed by atoms with E-state index in [1.807, 2.05) is 26.2 Å². The van der Waals surface area contributed by atoms with Crippen molar-refractivity contribution >= 4 is 0 Å². The summed E-state index contributed by atoms with van der Waals surface area (Å²) in [5.41, 5.74) is 2.50. The molecule has 1 aromatic carbocycles. The van der Waals surface area contributed by atoms with Crippen molar-refractivity contribution in [1.82, 2.24) is 9.78 Å². The highest BCUT2D eigenvalue weighted by atomic mass is 19.1. The number of nitrogens with zero attached hydrogens (tertiary/aromatic N) is 2. The second-order valence-electron chi connectivity index (χ2n) is 4.41. The number of hydrogen-bond acceptors (Lipinski definition) is 2. The minimum atomic E-state index is -0.643. The average Bonchev–Trinajstić information content (AvgIpc) is 2.70. The van der Waals surface area contributed by atoms with Crippen LogP contribution in [0.2, 0.25) is 0 Å². The Bertz CT molecular complexity index is 536. The van der Waals surface area contributed by atoms with E-state index in [-0.39, 0.29) is 5.82 Å². The second kappa shape index (κ2) is 5.31. The minimum absolute atomic E-state index is 0.276. The molecule has 1 heterocycles. The van der Waals surface area contributed by atoms with Crippen LogP contribution in [-0.4, -0.2) is 14.9 Å². The first kappa shape index (κ1) is 12.8. The van der Waals surface area contributed by atoms with Gasteiger partial charge in [0.2, 0.25) is 0 Å². The molecule has 18 heavy (non-hydrogen) atoms. The lowest BCUT2D eigenvalue weighted by Crippen LogP contribution is -2.03. The number of aliphatic hydroxyl groups excluding tert-OH is 1. The van der Waals surface area contributed by atoms with Gasteiger partial charge in [-0.15, -0.1) is 0 Å². The number of aromatic nitrogens is 2. The maximum absolute atomic E-state index is 13.1. The summed E-state index contributed by atoms with van der Waals surface area (Å²) in [6.45, 7) is 2.00. The molecule has 1 aromatic heterocycles. The minimum Gasteiger partial charge on any atom is -0.388 e. The first-order chi connectivity index (χ1) is 8.60. The van der Waals surface area contributed by atoms with Crippen molar-refractivity contribution in [3.63, 3.8) is 0 Å². The van der Waals surface area contributed by atoms with Gasteiger partial charge in [0.05, 0.1) is 11.8 Å². The number of hydrogen-bond donors (Lipinski definition) is 1. The van der Waals surface area contributed by atoms with Crippen LogP contribution in [0.5, 0.6) is 0 Å². The molecule has 0 saturated carbocycles. The van der Waals surface area contributed by atoms with Crippen LogP contribution < -0.4 is 0 Å². The largest absolute Gasteiger partial charge is 0.388 e. The Morgan fingerprint density at radius 1 is 1.44 bits per heavy atom. The zero-order valence-electron chi connectivity index (χ0n) is 10.6. The third-order valence-electron chi connectivity index (χ3n) is 2.95. The van der Waals surface area contributed by atoms with Crippen LogP contribution in [0.25, 0.3) is 0 Å². The Morgan fingerprint density at radius 3 is 2.89 bits per heavy atom. The lowest BCUT2D eigenvalue weighted by atomic mass is 10.0. The van der Waals surface area contributed by atoms with E-state index < -0.39 is 6.10 Å². The fourth-order valence-corrected chi connectivity index (χ4v) is 2.10. The smallest absolute Gasteiger partial charge is 0.123 e. The Labute approximate surface area is 106 Å². The van der Waals surface area contributed by atoms with E-state index in [1.54, 1.807) is 10.7 Å². The van der Waals surface area contributed by atoms with E-state index in [0.717, 1.165) is 23.2 Å². The van der Waals surface area contributed by atoms with Gasteiger partial charge in [-0.1, -0.05) is 19.1 Å². The van der Waals surface area contributed by atoms with Crippen molar-refractivity contribution in [1.29, 1.82) is 0 Å². The standard InChI is InChI=1S/C14H17FN2O/c1-3-13-12(9-17(2)16-13)14(18)8-10-5-4-6-11(15)7-10/h4-7,9,14,18H,3,8H2,1-2H3. The molecule has 0 spiro atoms. The number of rotatable bonds is 4. The van der Waals surface area contributed by atoms with Crippen LogP contribution in [-0.2, 0) is 19.9 Å². The molecule has 1 atom stereocenters. The van der Waals surface area contributed by atoms with Gasteiger partial charge < -0.3 is 5.11 Å². The number of halogens is 1. The fraction of sp³-hybridized carbons (Fsp3) is 0.357. The average molecular weight is 248 g/mol. The highest BCUT2D eigenvalue weighted by Crippen LogP contribution is 2.21. The van der Waals surface area contributed by atoms with Crippen LogP contribution in [0.1, 0.15) is 29.8 Å². The molecule has 0 amide bonds. The molecule has 2 rings (SSSR count). The first-order valence-electron chi connectivity index (χ1n) is 6.05.